The van der Waals surface area contributed by atoms with Crippen molar-refractivity contribution < 1.29 is 0 Å². The zero-order chi connectivity index (χ0) is 6.97. The van der Waals surface area contributed by atoms with Crippen LogP contribution in [0, 0.1) is 6.92 Å². The SMILES string of the molecule is [CH2]CN1C2CCCC1CC2. The Labute approximate surface area is 63.4 Å². The lowest BCUT2D eigenvalue weighted by molar-refractivity contribution is 0.157. The van der Waals surface area contributed by atoms with E-state index in [2.05, 4.69) is 11.8 Å². The van der Waals surface area contributed by atoms with E-state index in [1.807, 2.05) is 0 Å². The van der Waals surface area contributed by atoms with Gasteiger partial charge in [0.05, 0.1) is 0 Å². The van der Waals surface area contributed by atoms with E-state index in [-0.39, 0.29) is 0 Å². The van der Waals surface area contributed by atoms with E-state index in [1.54, 1.807) is 0 Å². The van der Waals surface area contributed by atoms with Crippen molar-refractivity contribution in [3.8, 4) is 0 Å². The van der Waals surface area contributed by atoms with Gasteiger partial charge in [-0.2, -0.15) is 0 Å². The third-order valence-corrected chi connectivity index (χ3v) is 3.10. The fourth-order valence-electron chi connectivity index (χ4n) is 2.59. The van der Waals surface area contributed by atoms with Gasteiger partial charge in [0.15, 0.2) is 0 Å². The van der Waals surface area contributed by atoms with Gasteiger partial charge in [-0.05, 0) is 39.2 Å². The van der Waals surface area contributed by atoms with Gasteiger partial charge in [-0.3, -0.25) is 4.90 Å². The van der Waals surface area contributed by atoms with E-state index in [9.17, 15) is 0 Å². The van der Waals surface area contributed by atoms with E-state index in [4.69, 9.17) is 0 Å². The highest BCUT2D eigenvalue weighted by Gasteiger charge is 2.34. The molecule has 0 saturated carbocycles. The van der Waals surface area contributed by atoms with Gasteiger partial charge in [-0.25, -0.2) is 0 Å². The first-order valence-corrected chi connectivity index (χ1v) is 4.47. The normalized spacial score (nSPS) is 40.5. The zero-order valence-electron chi connectivity index (χ0n) is 6.55. The summed E-state index contributed by atoms with van der Waals surface area (Å²) in [6, 6.07) is 1.83. The number of hydrogen-bond acceptors (Lipinski definition) is 1. The summed E-state index contributed by atoms with van der Waals surface area (Å²) in [6.45, 7) is 5.01. The second kappa shape index (κ2) is 2.54. The van der Waals surface area contributed by atoms with Gasteiger partial charge in [0.1, 0.15) is 0 Å². The van der Waals surface area contributed by atoms with E-state index in [0.29, 0.717) is 0 Å². The average Bonchev–Trinajstić information content (AvgIpc) is 2.19. The van der Waals surface area contributed by atoms with Gasteiger partial charge in [0.2, 0.25) is 0 Å². The van der Waals surface area contributed by atoms with Crippen molar-refractivity contribution in [2.24, 2.45) is 0 Å². The molecule has 57 valence electrons. The zero-order valence-corrected chi connectivity index (χ0v) is 6.55. The van der Waals surface area contributed by atoms with Gasteiger partial charge in [-0.15, -0.1) is 0 Å². The van der Waals surface area contributed by atoms with Crippen LogP contribution in [0.25, 0.3) is 0 Å². The molecule has 2 rings (SSSR count). The number of nitrogens with zero attached hydrogens (tertiary/aromatic N) is 1. The summed E-state index contributed by atoms with van der Waals surface area (Å²) >= 11 is 0. The molecule has 2 aliphatic rings. The summed E-state index contributed by atoms with van der Waals surface area (Å²) in [5, 5.41) is 0. The molecule has 2 saturated heterocycles. The first-order chi connectivity index (χ1) is 4.92. The Morgan fingerprint density at radius 3 is 2.10 bits per heavy atom. The number of piperidine rings is 1. The molecule has 2 unspecified atom stereocenters. The molecule has 0 amide bonds. The average molecular weight is 138 g/mol. The smallest absolute Gasteiger partial charge is 0.00987 e. The maximum absolute atomic E-state index is 3.98. The predicted octanol–water partition coefficient (Wildman–Crippen LogP) is 1.84. The lowest BCUT2D eigenvalue weighted by Gasteiger charge is -2.33. The summed E-state index contributed by atoms with van der Waals surface area (Å²) in [6.07, 6.45) is 7.23. The minimum Gasteiger partial charge on any atom is -0.297 e. The van der Waals surface area contributed by atoms with Crippen LogP contribution in [0.3, 0.4) is 0 Å². The highest BCUT2D eigenvalue weighted by molar-refractivity contribution is 4.91. The molecule has 2 fully saturated rings. The van der Waals surface area contributed by atoms with Crippen LogP contribution in [0.5, 0.6) is 0 Å². The standard InChI is InChI=1S/C9H16N/c1-2-10-8-4-3-5-9(10)7-6-8/h8-9H,1-7H2. The Morgan fingerprint density at radius 2 is 1.70 bits per heavy atom. The van der Waals surface area contributed by atoms with Crippen molar-refractivity contribution in [2.75, 3.05) is 6.54 Å². The fraction of sp³-hybridized carbons (Fsp3) is 0.889. The third-order valence-electron chi connectivity index (χ3n) is 3.10. The number of fused-ring (bicyclic) bond motifs is 2. The molecule has 0 N–H and O–H groups in total. The van der Waals surface area contributed by atoms with E-state index in [1.165, 1.54) is 32.1 Å². The molecule has 10 heavy (non-hydrogen) atoms. The molecule has 0 aromatic heterocycles. The van der Waals surface area contributed by atoms with Crippen LogP contribution < -0.4 is 0 Å². The van der Waals surface area contributed by atoms with Crippen molar-refractivity contribution >= 4 is 0 Å². The van der Waals surface area contributed by atoms with Gasteiger partial charge in [0.25, 0.3) is 0 Å². The largest absolute Gasteiger partial charge is 0.297 e. The van der Waals surface area contributed by atoms with Crippen molar-refractivity contribution in [3.05, 3.63) is 6.92 Å². The van der Waals surface area contributed by atoms with Crippen LogP contribution in [0.4, 0.5) is 0 Å². The molecule has 1 heteroatoms. The molecule has 2 bridgehead atoms. The van der Waals surface area contributed by atoms with Gasteiger partial charge < -0.3 is 0 Å². The molecule has 0 aliphatic carbocycles. The molecule has 2 heterocycles. The highest BCUT2D eigenvalue weighted by atomic mass is 15.2. The lowest BCUT2D eigenvalue weighted by Crippen LogP contribution is -2.39. The monoisotopic (exact) mass is 138 g/mol. The van der Waals surface area contributed by atoms with Crippen LogP contribution in [-0.4, -0.2) is 23.5 Å². The topological polar surface area (TPSA) is 3.24 Å². The second-order valence-electron chi connectivity index (χ2n) is 3.55. The quantitative estimate of drug-likeness (QED) is 0.534. The van der Waals surface area contributed by atoms with Crippen LogP contribution in [0.15, 0.2) is 0 Å². The van der Waals surface area contributed by atoms with Gasteiger partial charge in [0, 0.05) is 12.1 Å². The fourth-order valence-corrected chi connectivity index (χ4v) is 2.59. The van der Waals surface area contributed by atoms with Crippen LogP contribution in [-0.2, 0) is 0 Å². The number of hydrogen-bond donors (Lipinski definition) is 0. The van der Waals surface area contributed by atoms with Crippen molar-refractivity contribution in [3.63, 3.8) is 0 Å². The molecular weight excluding hydrogens is 122 g/mol. The summed E-state index contributed by atoms with van der Waals surface area (Å²) in [5.41, 5.74) is 0. The second-order valence-corrected chi connectivity index (χ2v) is 3.55. The molecule has 2 atom stereocenters. The molecule has 1 nitrogen and oxygen atoms in total. The molecule has 1 radical (unpaired) electrons. The molecule has 0 spiro atoms. The summed E-state index contributed by atoms with van der Waals surface area (Å²) < 4.78 is 0. The Hall–Kier alpha value is -0.0400. The Balaban J connectivity index is 2.06. The minimum absolute atomic E-state index is 0.913. The molecule has 0 aromatic rings. The Morgan fingerprint density at radius 1 is 1.10 bits per heavy atom. The first kappa shape index (κ1) is 6.66. The third kappa shape index (κ3) is 0.878. The predicted molar refractivity (Wildman–Crippen MR) is 42.7 cm³/mol. The minimum atomic E-state index is 0.913. The summed E-state index contributed by atoms with van der Waals surface area (Å²) in [7, 11) is 0. The van der Waals surface area contributed by atoms with Crippen molar-refractivity contribution in [1.29, 1.82) is 0 Å². The maximum atomic E-state index is 3.98. The van der Waals surface area contributed by atoms with E-state index in [0.717, 1.165) is 18.6 Å². The first-order valence-electron chi connectivity index (χ1n) is 4.47. The Bertz CT molecular complexity index is 106. The van der Waals surface area contributed by atoms with Crippen LogP contribution >= 0.6 is 0 Å². The van der Waals surface area contributed by atoms with Crippen molar-refractivity contribution in [1.82, 2.24) is 4.90 Å². The molecular formula is C9H16N. The highest BCUT2D eigenvalue weighted by Crippen LogP contribution is 2.34. The molecule has 2 aliphatic heterocycles. The number of rotatable bonds is 1. The van der Waals surface area contributed by atoms with Crippen LogP contribution in [0.2, 0.25) is 0 Å². The summed E-state index contributed by atoms with van der Waals surface area (Å²) in [4.78, 5) is 2.60. The van der Waals surface area contributed by atoms with Gasteiger partial charge >= 0.3 is 0 Å². The van der Waals surface area contributed by atoms with Crippen molar-refractivity contribution in [2.45, 2.75) is 44.2 Å². The van der Waals surface area contributed by atoms with Gasteiger partial charge in [-0.1, -0.05) is 6.42 Å². The van der Waals surface area contributed by atoms with E-state index >= 15 is 0 Å². The van der Waals surface area contributed by atoms with Crippen LogP contribution in [0.1, 0.15) is 32.1 Å². The summed E-state index contributed by atoms with van der Waals surface area (Å²) in [5.74, 6) is 0. The Kier molecular flexibility index (Phi) is 1.69. The maximum Gasteiger partial charge on any atom is 0.00987 e. The lowest BCUT2D eigenvalue weighted by atomic mass is 10.0. The molecule has 0 aromatic carbocycles. The van der Waals surface area contributed by atoms with E-state index < -0.39 is 0 Å².